The lowest BCUT2D eigenvalue weighted by atomic mass is 9.91. The lowest BCUT2D eigenvalue weighted by Gasteiger charge is -2.32. The van der Waals surface area contributed by atoms with Gasteiger partial charge in [0.2, 0.25) is 0 Å². The first-order chi connectivity index (χ1) is 8.72. The van der Waals surface area contributed by atoms with E-state index in [0.717, 1.165) is 18.4 Å². The van der Waals surface area contributed by atoms with Crippen LogP contribution in [0.1, 0.15) is 52.4 Å². The van der Waals surface area contributed by atoms with E-state index in [0.29, 0.717) is 24.6 Å². The van der Waals surface area contributed by atoms with Crippen molar-refractivity contribution in [2.75, 3.05) is 13.2 Å². The first-order valence-electron chi connectivity index (χ1n) is 7.82. The van der Waals surface area contributed by atoms with Crippen molar-refractivity contribution in [3.63, 3.8) is 0 Å². The average Bonchev–Trinajstić information content (AvgIpc) is 2.97. The van der Waals surface area contributed by atoms with Crippen molar-refractivity contribution in [1.29, 1.82) is 0 Å². The van der Waals surface area contributed by atoms with Crippen LogP contribution in [-0.2, 0) is 0 Å². The van der Waals surface area contributed by atoms with Gasteiger partial charge in [-0.15, -0.1) is 0 Å². The normalized spacial score (nSPS) is 34.3. The van der Waals surface area contributed by atoms with E-state index in [-0.39, 0.29) is 0 Å². The summed E-state index contributed by atoms with van der Waals surface area (Å²) in [7, 11) is 0. The van der Waals surface area contributed by atoms with Crippen LogP contribution in [0.25, 0.3) is 0 Å². The Morgan fingerprint density at radius 2 is 2.06 bits per heavy atom. The Labute approximate surface area is 112 Å². The van der Waals surface area contributed by atoms with Crippen LogP contribution in [0, 0.1) is 11.8 Å². The van der Waals surface area contributed by atoms with E-state index in [1.807, 2.05) is 0 Å². The van der Waals surface area contributed by atoms with Crippen LogP contribution in [0.5, 0.6) is 0 Å². The van der Waals surface area contributed by atoms with E-state index >= 15 is 0 Å². The predicted molar refractivity (Wildman–Crippen MR) is 75.6 cm³/mol. The summed E-state index contributed by atoms with van der Waals surface area (Å²) in [6.07, 6.45) is 7.65. The summed E-state index contributed by atoms with van der Waals surface area (Å²) in [6.45, 7) is 6.02. The molecule has 4 unspecified atom stereocenters. The van der Waals surface area contributed by atoms with Gasteiger partial charge in [-0.05, 0) is 50.5 Å². The highest BCUT2D eigenvalue weighted by Crippen LogP contribution is 2.32. The molecule has 3 nitrogen and oxygen atoms in total. The summed E-state index contributed by atoms with van der Waals surface area (Å²) in [5.74, 6) is 1.42. The first-order valence-corrected chi connectivity index (χ1v) is 7.82. The van der Waals surface area contributed by atoms with E-state index < -0.39 is 0 Å². The van der Waals surface area contributed by atoms with Crippen molar-refractivity contribution in [3.05, 3.63) is 0 Å². The molecule has 0 bridgehead atoms. The van der Waals surface area contributed by atoms with Gasteiger partial charge in [0.1, 0.15) is 0 Å². The van der Waals surface area contributed by atoms with E-state index in [4.69, 9.17) is 0 Å². The quantitative estimate of drug-likeness (QED) is 0.678. The van der Waals surface area contributed by atoms with Crippen LogP contribution in [0.3, 0.4) is 0 Å². The van der Waals surface area contributed by atoms with Crippen molar-refractivity contribution in [3.8, 4) is 0 Å². The Kier molecular flexibility index (Phi) is 5.46. The highest BCUT2D eigenvalue weighted by atomic mass is 16.3. The first kappa shape index (κ1) is 14.3. The SMILES string of the molecule is CC(C)C(CCO)NC1CCCC1C1CCCN1. The maximum atomic E-state index is 9.18. The van der Waals surface area contributed by atoms with E-state index in [2.05, 4.69) is 24.5 Å². The number of hydrogen-bond donors (Lipinski definition) is 3. The molecular weight excluding hydrogens is 224 g/mol. The van der Waals surface area contributed by atoms with Crippen molar-refractivity contribution in [2.45, 2.75) is 70.5 Å². The van der Waals surface area contributed by atoms with Gasteiger partial charge in [0.25, 0.3) is 0 Å². The van der Waals surface area contributed by atoms with Crippen LogP contribution in [0.4, 0.5) is 0 Å². The Morgan fingerprint density at radius 3 is 2.67 bits per heavy atom. The van der Waals surface area contributed by atoms with Crippen LogP contribution in [0.15, 0.2) is 0 Å². The largest absolute Gasteiger partial charge is 0.396 e. The fraction of sp³-hybridized carbons (Fsp3) is 1.00. The molecular formula is C15H30N2O. The van der Waals surface area contributed by atoms with E-state index in [9.17, 15) is 5.11 Å². The molecule has 106 valence electrons. The summed E-state index contributed by atoms with van der Waals surface area (Å²) in [4.78, 5) is 0. The predicted octanol–water partition coefficient (Wildman–Crippen LogP) is 1.90. The topological polar surface area (TPSA) is 44.3 Å². The Hall–Kier alpha value is -0.120. The molecule has 0 amide bonds. The molecule has 1 aliphatic carbocycles. The number of nitrogens with one attached hydrogen (secondary N) is 2. The third kappa shape index (κ3) is 3.46. The van der Waals surface area contributed by atoms with Gasteiger partial charge in [0, 0.05) is 24.7 Å². The molecule has 0 aromatic carbocycles. The fourth-order valence-corrected chi connectivity index (χ4v) is 3.78. The second kappa shape index (κ2) is 6.88. The van der Waals surface area contributed by atoms with Gasteiger partial charge in [-0.25, -0.2) is 0 Å². The second-order valence-electron chi connectivity index (χ2n) is 6.43. The van der Waals surface area contributed by atoms with Gasteiger partial charge in [-0.3, -0.25) is 0 Å². The van der Waals surface area contributed by atoms with Gasteiger partial charge in [-0.2, -0.15) is 0 Å². The summed E-state index contributed by atoms with van der Waals surface area (Å²) in [5.41, 5.74) is 0. The molecule has 0 aromatic heterocycles. The molecule has 2 aliphatic rings. The molecule has 2 fully saturated rings. The summed E-state index contributed by atoms with van der Waals surface area (Å²) >= 11 is 0. The summed E-state index contributed by atoms with van der Waals surface area (Å²) < 4.78 is 0. The van der Waals surface area contributed by atoms with Crippen molar-refractivity contribution < 1.29 is 5.11 Å². The molecule has 18 heavy (non-hydrogen) atoms. The molecule has 0 aromatic rings. The third-order valence-electron chi connectivity index (χ3n) is 4.86. The molecule has 0 spiro atoms. The molecule has 1 saturated heterocycles. The van der Waals surface area contributed by atoms with Crippen LogP contribution in [-0.4, -0.2) is 36.4 Å². The molecule has 3 heteroatoms. The average molecular weight is 254 g/mol. The molecule has 1 saturated carbocycles. The van der Waals surface area contributed by atoms with E-state index in [1.165, 1.54) is 38.6 Å². The zero-order valence-electron chi connectivity index (χ0n) is 12.0. The Balaban J connectivity index is 1.89. The number of rotatable bonds is 6. The standard InChI is InChI=1S/C15H30N2O/c1-11(2)13(8-10-18)17-15-6-3-5-12(15)14-7-4-9-16-14/h11-18H,3-10H2,1-2H3. The third-order valence-corrected chi connectivity index (χ3v) is 4.86. The minimum atomic E-state index is 0.301. The van der Waals surface area contributed by atoms with Crippen molar-refractivity contribution >= 4 is 0 Å². The van der Waals surface area contributed by atoms with Crippen LogP contribution >= 0.6 is 0 Å². The number of hydrogen-bond acceptors (Lipinski definition) is 3. The van der Waals surface area contributed by atoms with Gasteiger partial charge in [-0.1, -0.05) is 20.3 Å². The summed E-state index contributed by atoms with van der Waals surface area (Å²) in [5, 5.41) is 16.7. The zero-order chi connectivity index (χ0) is 13.0. The monoisotopic (exact) mass is 254 g/mol. The molecule has 4 atom stereocenters. The highest BCUT2D eigenvalue weighted by molar-refractivity contribution is 4.94. The van der Waals surface area contributed by atoms with Crippen molar-refractivity contribution in [2.24, 2.45) is 11.8 Å². The second-order valence-corrected chi connectivity index (χ2v) is 6.43. The van der Waals surface area contributed by atoms with Crippen molar-refractivity contribution in [1.82, 2.24) is 10.6 Å². The lowest BCUT2D eigenvalue weighted by Crippen LogP contribution is -2.48. The lowest BCUT2D eigenvalue weighted by molar-refractivity contribution is 0.216. The molecule has 0 radical (unpaired) electrons. The Bertz CT molecular complexity index is 239. The van der Waals surface area contributed by atoms with Gasteiger partial charge in [0.05, 0.1) is 0 Å². The fourth-order valence-electron chi connectivity index (χ4n) is 3.78. The maximum Gasteiger partial charge on any atom is 0.0445 e. The van der Waals surface area contributed by atoms with Gasteiger partial charge >= 0.3 is 0 Å². The smallest absolute Gasteiger partial charge is 0.0445 e. The Morgan fingerprint density at radius 1 is 1.22 bits per heavy atom. The number of aliphatic hydroxyl groups excluding tert-OH is 1. The number of aliphatic hydroxyl groups is 1. The van der Waals surface area contributed by atoms with Gasteiger partial charge in [0.15, 0.2) is 0 Å². The van der Waals surface area contributed by atoms with Gasteiger partial charge < -0.3 is 15.7 Å². The zero-order valence-corrected chi connectivity index (χ0v) is 12.0. The minimum Gasteiger partial charge on any atom is -0.396 e. The summed E-state index contributed by atoms with van der Waals surface area (Å²) in [6, 6.07) is 1.88. The maximum absolute atomic E-state index is 9.18. The molecule has 1 heterocycles. The molecule has 3 N–H and O–H groups in total. The van der Waals surface area contributed by atoms with E-state index in [1.54, 1.807) is 0 Å². The van der Waals surface area contributed by atoms with Crippen LogP contribution in [0.2, 0.25) is 0 Å². The molecule has 2 rings (SSSR count). The highest BCUT2D eigenvalue weighted by Gasteiger charge is 2.35. The van der Waals surface area contributed by atoms with Crippen LogP contribution < -0.4 is 10.6 Å². The minimum absolute atomic E-state index is 0.301. The molecule has 1 aliphatic heterocycles.